The fraction of sp³-hybridized carbons (Fsp3) is 0.269. The van der Waals surface area contributed by atoms with Crippen LogP contribution >= 0.6 is 0 Å². The Hall–Kier alpha value is -4.21. The molecule has 11 nitrogen and oxygen atoms in total. The lowest BCUT2D eigenvalue weighted by Gasteiger charge is -2.38. The second-order valence-corrected chi connectivity index (χ2v) is 10.7. The highest BCUT2D eigenvalue weighted by Gasteiger charge is 2.40. The van der Waals surface area contributed by atoms with E-state index in [1.165, 1.54) is 12.1 Å². The fourth-order valence-corrected chi connectivity index (χ4v) is 5.48. The minimum absolute atomic E-state index is 0.0509. The van der Waals surface area contributed by atoms with E-state index in [0.717, 1.165) is 35.2 Å². The number of alkyl halides is 3. The van der Waals surface area contributed by atoms with Gasteiger partial charge in [-0.25, -0.2) is 17.9 Å². The molecule has 1 aliphatic rings. The number of fused-ring (bicyclic) bond motifs is 1. The lowest BCUT2D eigenvalue weighted by atomic mass is 9.95. The molecule has 2 N–H and O–H groups in total. The first-order valence-corrected chi connectivity index (χ1v) is 13.6. The van der Waals surface area contributed by atoms with Crippen molar-refractivity contribution in [3.63, 3.8) is 0 Å². The third-order valence-electron chi connectivity index (χ3n) is 6.21. The monoisotopic (exact) mass is 595 g/mol. The van der Waals surface area contributed by atoms with E-state index in [-0.39, 0.29) is 17.9 Å². The van der Waals surface area contributed by atoms with Gasteiger partial charge in [-0.05, 0) is 23.8 Å². The van der Waals surface area contributed by atoms with Crippen LogP contribution in [0.3, 0.4) is 0 Å². The van der Waals surface area contributed by atoms with Gasteiger partial charge in [0.15, 0.2) is 4.90 Å². The summed E-state index contributed by atoms with van der Waals surface area (Å²) in [5.74, 6) is -0.212. The molecule has 3 aromatic rings. The van der Waals surface area contributed by atoms with E-state index in [1.807, 2.05) is 0 Å². The van der Waals surface area contributed by atoms with Crippen LogP contribution < -0.4 is 9.46 Å². The maximum Gasteiger partial charge on any atom is 0.416 e. The average Bonchev–Trinajstić information content (AvgIpc) is 2.94. The van der Waals surface area contributed by atoms with Gasteiger partial charge >= 0.3 is 12.3 Å². The lowest BCUT2D eigenvalue weighted by Crippen LogP contribution is -2.48. The van der Waals surface area contributed by atoms with Crippen molar-refractivity contribution in [1.82, 2.24) is 9.62 Å². The molecule has 41 heavy (non-hydrogen) atoms. The van der Waals surface area contributed by atoms with Gasteiger partial charge in [-0.15, -0.1) is 0 Å². The molecule has 0 bridgehead atoms. The summed E-state index contributed by atoms with van der Waals surface area (Å²) in [5, 5.41) is 22.1. The number of halogens is 3. The molecule has 15 heteroatoms. The van der Waals surface area contributed by atoms with Gasteiger partial charge in [-0.1, -0.05) is 48.5 Å². The van der Waals surface area contributed by atoms with Gasteiger partial charge < -0.3 is 14.6 Å². The number of hydrogen-bond acceptors (Lipinski definition) is 8. The summed E-state index contributed by atoms with van der Waals surface area (Å²) in [7, 11) is -4.42. The third-order valence-corrected chi connectivity index (χ3v) is 7.71. The summed E-state index contributed by atoms with van der Waals surface area (Å²) in [4.78, 5) is 24.1. The number of nitro groups is 1. The number of nitrogens with one attached hydrogen (secondary N) is 1. The molecule has 4 rings (SSSR count). The van der Waals surface area contributed by atoms with Crippen LogP contribution in [0.2, 0.25) is 0 Å². The first-order chi connectivity index (χ1) is 19.4. The van der Waals surface area contributed by atoms with Gasteiger partial charge in [0.25, 0.3) is 5.69 Å². The van der Waals surface area contributed by atoms with Crippen molar-refractivity contribution < 1.29 is 45.9 Å². The summed E-state index contributed by atoms with van der Waals surface area (Å²) < 4.78 is 78.5. The molecule has 3 aromatic carbocycles. The number of para-hydroxylation sites is 1. The van der Waals surface area contributed by atoms with E-state index in [0.29, 0.717) is 5.56 Å². The Balaban J connectivity index is 1.61. The minimum Gasteiger partial charge on any atom is -0.490 e. The average molecular weight is 596 g/mol. The number of carbonyl (C=O) groups excluding carboxylic acids is 1. The molecule has 0 fully saturated rings. The Kier molecular flexibility index (Phi) is 8.80. The standard InChI is InChI=1S/C26H24F3N3O8S/c27-26(28,29)18-10-11-19-22(14-18)39-16-21(33)24(19)31(25(34)40-15-17-6-2-1-3-7-17)13-12-30-41(37,38)23-9-5-4-8-20(23)32(35)36/h1-11,14,21,24,30,33H,12-13,15-16H2/t21-,24-/m1/s1. The van der Waals surface area contributed by atoms with E-state index >= 15 is 0 Å². The zero-order valence-electron chi connectivity index (χ0n) is 21.2. The topological polar surface area (TPSA) is 148 Å². The van der Waals surface area contributed by atoms with Crippen LogP contribution in [0.4, 0.5) is 23.7 Å². The van der Waals surface area contributed by atoms with Crippen molar-refractivity contribution in [2.45, 2.75) is 29.8 Å². The Morgan fingerprint density at radius 2 is 1.80 bits per heavy atom. The molecular formula is C26H24F3N3O8S. The number of benzene rings is 3. The SMILES string of the molecule is O=C(OCc1ccccc1)N(CCNS(=O)(=O)c1ccccc1[N+](=O)[O-])[C@@H]1c2ccc(C(F)(F)F)cc2OC[C@H]1O. The Morgan fingerprint density at radius 1 is 1.12 bits per heavy atom. The predicted molar refractivity (Wildman–Crippen MR) is 137 cm³/mol. The molecule has 1 heterocycles. The number of nitro benzene ring substituents is 1. The smallest absolute Gasteiger partial charge is 0.416 e. The lowest BCUT2D eigenvalue weighted by molar-refractivity contribution is -0.387. The van der Waals surface area contributed by atoms with Crippen LogP contribution in [-0.4, -0.2) is 55.2 Å². The number of nitrogens with zero attached hydrogens (tertiary/aromatic N) is 2. The van der Waals surface area contributed by atoms with E-state index in [1.54, 1.807) is 30.3 Å². The largest absolute Gasteiger partial charge is 0.490 e. The van der Waals surface area contributed by atoms with Gasteiger partial charge in [0.2, 0.25) is 10.0 Å². The molecule has 0 unspecified atom stereocenters. The highest BCUT2D eigenvalue weighted by Crippen LogP contribution is 2.40. The summed E-state index contributed by atoms with van der Waals surface area (Å²) in [5.41, 5.74) is -0.981. The first kappa shape index (κ1) is 29.8. The molecule has 0 spiro atoms. The Bertz CT molecular complexity index is 1520. The molecule has 0 aliphatic carbocycles. The number of carbonyl (C=O) groups is 1. The van der Waals surface area contributed by atoms with Gasteiger partial charge in [0, 0.05) is 24.7 Å². The summed E-state index contributed by atoms with van der Waals surface area (Å²) >= 11 is 0. The molecule has 1 amide bonds. The van der Waals surface area contributed by atoms with Crippen LogP contribution in [0.1, 0.15) is 22.7 Å². The second kappa shape index (κ2) is 12.1. The summed E-state index contributed by atoms with van der Waals surface area (Å²) in [6, 6.07) is 14.6. The molecule has 0 saturated carbocycles. The molecule has 2 atom stereocenters. The van der Waals surface area contributed by atoms with Crippen LogP contribution in [0.15, 0.2) is 77.7 Å². The maximum absolute atomic E-state index is 13.3. The zero-order valence-corrected chi connectivity index (χ0v) is 22.0. The van der Waals surface area contributed by atoms with E-state index in [9.17, 15) is 41.6 Å². The van der Waals surface area contributed by atoms with Gasteiger partial charge in [-0.3, -0.25) is 15.0 Å². The van der Waals surface area contributed by atoms with Crippen molar-refractivity contribution in [1.29, 1.82) is 0 Å². The zero-order chi connectivity index (χ0) is 29.8. The Morgan fingerprint density at radius 3 is 2.49 bits per heavy atom. The van der Waals surface area contributed by atoms with Crippen LogP contribution in [0.25, 0.3) is 0 Å². The van der Waals surface area contributed by atoms with Gasteiger partial charge in [0.1, 0.15) is 25.1 Å². The van der Waals surface area contributed by atoms with Gasteiger partial charge in [-0.2, -0.15) is 13.2 Å². The summed E-state index contributed by atoms with van der Waals surface area (Å²) in [6.45, 7) is -1.54. The predicted octanol–water partition coefficient (Wildman–Crippen LogP) is 4.03. The number of aliphatic hydroxyl groups is 1. The van der Waals surface area contributed by atoms with Crippen molar-refractivity contribution in [3.05, 3.63) is 99.6 Å². The number of ether oxygens (including phenoxy) is 2. The quantitative estimate of drug-likeness (QED) is 0.278. The number of amides is 1. The molecule has 0 radical (unpaired) electrons. The Labute approximate surface area is 232 Å². The number of hydrogen-bond donors (Lipinski definition) is 2. The molecular weight excluding hydrogens is 571 g/mol. The van der Waals surface area contributed by atoms with Crippen LogP contribution in [-0.2, 0) is 27.5 Å². The van der Waals surface area contributed by atoms with E-state index in [4.69, 9.17) is 9.47 Å². The van der Waals surface area contributed by atoms with Gasteiger partial charge in [0.05, 0.1) is 16.5 Å². The highest BCUT2D eigenvalue weighted by atomic mass is 32.2. The minimum atomic E-state index is -4.67. The van der Waals surface area contributed by atoms with Crippen molar-refractivity contribution in [2.75, 3.05) is 19.7 Å². The first-order valence-electron chi connectivity index (χ1n) is 12.1. The third kappa shape index (κ3) is 6.93. The van der Waals surface area contributed by atoms with Crippen molar-refractivity contribution >= 4 is 21.8 Å². The fourth-order valence-electron chi connectivity index (χ4n) is 4.29. The van der Waals surface area contributed by atoms with E-state index in [2.05, 4.69) is 4.72 Å². The van der Waals surface area contributed by atoms with Crippen LogP contribution in [0.5, 0.6) is 5.75 Å². The molecule has 0 aromatic heterocycles. The van der Waals surface area contributed by atoms with Crippen LogP contribution in [0, 0.1) is 10.1 Å². The second-order valence-electron chi connectivity index (χ2n) is 8.93. The van der Waals surface area contributed by atoms with Crippen molar-refractivity contribution in [2.24, 2.45) is 0 Å². The number of aliphatic hydroxyl groups excluding tert-OH is 1. The molecule has 1 aliphatic heterocycles. The normalized spacial score (nSPS) is 16.8. The molecule has 218 valence electrons. The van der Waals surface area contributed by atoms with E-state index < -0.39 is 75.2 Å². The highest BCUT2D eigenvalue weighted by molar-refractivity contribution is 7.89. The van der Waals surface area contributed by atoms with Crippen molar-refractivity contribution in [3.8, 4) is 5.75 Å². The number of sulfonamides is 1. The molecule has 0 saturated heterocycles. The maximum atomic E-state index is 13.3. The number of rotatable bonds is 9. The summed E-state index contributed by atoms with van der Waals surface area (Å²) in [6.07, 6.45) is -7.07.